The molecule has 0 aliphatic rings. The summed E-state index contributed by atoms with van der Waals surface area (Å²) in [6.07, 6.45) is 0. The molecule has 0 amide bonds. The van der Waals surface area contributed by atoms with Crippen molar-refractivity contribution in [3.8, 4) is 0 Å². The van der Waals surface area contributed by atoms with Crippen molar-refractivity contribution in [2.24, 2.45) is 0 Å². The lowest BCUT2D eigenvalue weighted by atomic mass is 10.9. The molecule has 2 radical (unpaired) electrons. The van der Waals surface area contributed by atoms with E-state index in [2.05, 4.69) is 0 Å². The molecule has 5 heteroatoms. The Kier molecular flexibility index (Phi) is 7.89. The van der Waals surface area contributed by atoms with E-state index in [4.69, 9.17) is 9.47 Å². The van der Waals surface area contributed by atoms with Crippen molar-refractivity contribution in [3.63, 3.8) is 0 Å². The second-order valence-electron chi connectivity index (χ2n) is 2.10. The van der Waals surface area contributed by atoms with Crippen LogP contribution in [-0.4, -0.2) is 40.5 Å². The number of hydrogen-bond acceptors (Lipinski definition) is 4. The van der Waals surface area contributed by atoms with Crippen molar-refractivity contribution < 1.29 is 14.3 Å². The molecule has 0 saturated carbocycles. The summed E-state index contributed by atoms with van der Waals surface area (Å²) in [7, 11) is 3.85. The fourth-order valence-electron chi connectivity index (χ4n) is 0.634. The van der Waals surface area contributed by atoms with E-state index in [1.165, 1.54) is 11.8 Å². The Morgan fingerprint density at radius 2 is 2.08 bits per heavy atom. The molecule has 0 aliphatic carbocycles. The number of carbonyl (C=O) groups excluding carboxylic acids is 1. The average molecular weight is 206 g/mol. The van der Waals surface area contributed by atoms with Gasteiger partial charge in [0.15, 0.2) is 5.12 Å². The zero-order chi connectivity index (χ0) is 9.40. The standard InChI is InChI=1S/C7H14O3SSi/c1-6(8)11-4-5-12-7(9-2)10-3/h7H,4-5H2,1-3H3. The third kappa shape index (κ3) is 6.84. The number of carbonyl (C=O) groups is 1. The van der Waals surface area contributed by atoms with E-state index in [9.17, 15) is 4.79 Å². The first-order chi connectivity index (χ1) is 5.70. The molecule has 0 atom stereocenters. The largest absolute Gasteiger partial charge is 0.360 e. The summed E-state index contributed by atoms with van der Waals surface area (Å²) in [4.78, 5) is 10.5. The first-order valence-corrected chi connectivity index (χ1v) is 5.90. The van der Waals surface area contributed by atoms with Crippen LogP contribution in [0.5, 0.6) is 0 Å². The first kappa shape index (κ1) is 12.2. The molecule has 0 aromatic rings. The lowest BCUT2D eigenvalue weighted by Crippen LogP contribution is -2.21. The van der Waals surface area contributed by atoms with Crippen molar-refractivity contribution >= 4 is 26.4 Å². The highest BCUT2D eigenvalue weighted by molar-refractivity contribution is 8.13. The van der Waals surface area contributed by atoms with Gasteiger partial charge in [0, 0.05) is 21.1 Å². The molecule has 70 valence electrons. The van der Waals surface area contributed by atoms with Gasteiger partial charge in [-0.05, 0) is 11.8 Å². The van der Waals surface area contributed by atoms with Gasteiger partial charge in [-0.1, -0.05) is 11.8 Å². The number of thioether (sulfide) groups is 1. The van der Waals surface area contributed by atoms with Crippen LogP contribution in [-0.2, 0) is 14.3 Å². The average Bonchev–Trinajstić information content (AvgIpc) is 2.04. The van der Waals surface area contributed by atoms with E-state index in [-0.39, 0.29) is 11.0 Å². The smallest absolute Gasteiger partial charge is 0.185 e. The van der Waals surface area contributed by atoms with Crippen LogP contribution in [0.25, 0.3) is 0 Å². The Labute approximate surface area is 80.0 Å². The van der Waals surface area contributed by atoms with Gasteiger partial charge in [-0.3, -0.25) is 4.79 Å². The number of rotatable bonds is 6. The van der Waals surface area contributed by atoms with E-state index in [0.29, 0.717) is 9.52 Å². The van der Waals surface area contributed by atoms with Crippen molar-refractivity contribution in [2.75, 3.05) is 20.0 Å². The van der Waals surface area contributed by atoms with Crippen LogP contribution in [0.3, 0.4) is 0 Å². The fraction of sp³-hybridized carbons (Fsp3) is 0.857. The summed E-state index contributed by atoms with van der Waals surface area (Å²) in [5.74, 6) is 0.759. The zero-order valence-corrected chi connectivity index (χ0v) is 9.44. The molecule has 0 heterocycles. The molecular weight excluding hydrogens is 192 g/mol. The minimum Gasteiger partial charge on any atom is -0.360 e. The number of methoxy groups -OCH3 is 2. The molecule has 0 aromatic carbocycles. The second-order valence-corrected chi connectivity index (χ2v) is 4.75. The molecule has 0 saturated heterocycles. The summed E-state index contributed by atoms with van der Waals surface area (Å²) in [5.41, 5.74) is 0. The predicted octanol–water partition coefficient (Wildman–Crippen LogP) is 0.965. The molecule has 12 heavy (non-hydrogen) atoms. The summed E-state index contributed by atoms with van der Waals surface area (Å²) in [5, 5.41) is 0.172. The topological polar surface area (TPSA) is 35.5 Å². The van der Waals surface area contributed by atoms with Crippen molar-refractivity contribution in [3.05, 3.63) is 0 Å². The Morgan fingerprint density at radius 3 is 2.50 bits per heavy atom. The maximum Gasteiger partial charge on any atom is 0.185 e. The summed E-state index contributed by atoms with van der Waals surface area (Å²) in [6.45, 7) is 1.58. The van der Waals surface area contributed by atoms with E-state index in [1.807, 2.05) is 0 Å². The van der Waals surface area contributed by atoms with Gasteiger partial charge in [0.1, 0.15) is 15.4 Å². The Bertz CT molecular complexity index is 128. The van der Waals surface area contributed by atoms with Crippen LogP contribution in [0.2, 0.25) is 6.04 Å². The molecule has 0 N–H and O–H groups in total. The van der Waals surface area contributed by atoms with Gasteiger partial charge >= 0.3 is 0 Å². The highest BCUT2D eigenvalue weighted by Crippen LogP contribution is 2.04. The highest BCUT2D eigenvalue weighted by Gasteiger charge is 2.05. The molecule has 0 fully saturated rings. The second kappa shape index (κ2) is 7.79. The SMILES string of the molecule is COC(OC)[Si]CCSC(C)=O. The monoisotopic (exact) mass is 206 g/mol. The minimum atomic E-state index is -0.0995. The zero-order valence-electron chi connectivity index (χ0n) is 7.62. The van der Waals surface area contributed by atoms with Crippen LogP contribution in [0.15, 0.2) is 0 Å². The van der Waals surface area contributed by atoms with E-state index in [0.717, 1.165) is 11.8 Å². The number of hydrogen-bond donors (Lipinski definition) is 0. The van der Waals surface area contributed by atoms with E-state index < -0.39 is 0 Å². The third-order valence-electron chi connectivity index (χ3n) is 1.15. The van der Waals surface area contributed by atoms with Crippen LogP contribution < -0.4 is 0 Å². The van der Waals surface area contributed by atoms with Gasteiger partial charge in [-0.2, -0.15) is 0 Å². The molecule has 0 aromatic heterocycles. The van der Waals surface area contributed by atoms with Crippen molar-refractivity contribution in [1.29, 1.82) is 0 Å². The van der Waals surface area contributed by atoms with Crippen LogP contribution in [0.1, 0.15) is 6.92 Å². The van der Waals surface area contributed by atoms with Crippen LogP contribution in [0, 0.1) is 0 Å². The quantitative estimate of drug-likeness (QED) is 0.368. The predicted molar refractivity (Wildman–Crippen MR) is 51.5 cm³/mol. The normalized spacial score (nSPS) is 10.7. The summed E-state index contributed by atoms with van der Waals surface area (Å²) in [6, 6.07) is 0.969. The molecule has 3 nitrogen and oxygen atoms in total. The summed E-state index contributed by atoms with van der Waals surface area (Å²) >= 11 is 1.35. The summed E-state index contributed by atoms with van der Waals surface area (Å²) < 4.78 is 10.0. The van der Waals surface area contributed by atoms with Gasteiger partial charge in [0.25, 0.3) is 0 Å². The molecule has 0 unspecified atom stereocenters. The molecular formula is C7H14O3SSi. The molecule has 0 rings (SSSR count). The Balaban J connectivity index is 3.23. The molecule has 0 spiro atoms. The van der Waals surface area contributed by atoms with Gasteiger partial charge in [-0.15, -0.1) is 0 Å². The number of ether oxygens (including phenoxy) is 2. The maximum absolute atomic E-state index is 10.5. The highest BCUT2D eigenvalue weighted by atomic mass is 32.2. The lowest BCUT2D eigenvalue weighted by Gasteiger charge is -2.11. The third-order valence-corrected chi connectivity index (χ3v) is 3.67. The van der Waals surface area contributed by atoms with Crippen molar-refractivity contribution in [2.45, 2.75) is 18.9 Å². The van der Waals surface area contributed by atoms with E-state index >= 15 is 0 Å². The maximum atomic E-state index is 10.5. The fourth-order valence-corrected chi connectivity index (χ4v) is 2.37. The van der Waals surface area contributed by atoms with E-state index in [1.54, 1.807) is 21.1 Å². The molecule has 0 aliphatic heterocycles. The van der Waals surface area contributed by atoms with Crippen LogP contribution in [0.4, 0.5) is 0 Å². The Morgan fingerprint density at radius 1 is 1.50 bits per heavy atom. The molecule has 0 bridgehead atoms. The lowest BCUT2D eigenvalue weighted by molar-refractivity contribution is -0.109. The minimum absolute atomic E-state index is 0.0995. The Hall–Kier alpha value is 0.157. The van der Waals surface area contributed by atoms with Gasteiger partial charge < -0.3 is 9.47 Å². The van der Waals surface area contributed by atoms with Gasteiger partial charge in [0.05, 0.1) is 0 Å². The first-order valence-electron chi connectivity index (χ1n) is 3.63. The van der Waals surface area contributed by atoms with Gasteiger partial charge in [0.2, 0.25) is 0 Å². The van der Waals surface area contributed by atoms with Gasteiger partial charge in [-0.25, -0.2) is 0 Å². The van der Waals surface area contributed by atoms with Crippen LogP contribution >= 0.6 is 11.8 Å². The van der Waals surface area contributed by atoms with Crippen molar-refractivity contribution in [1.82, 2.24) is 0 Å².